The van der Waals surface area contributed by atoms with Crippen LogP contribution >= 0.6 is 0 Å². The molecule has 2 aliphatic heterocycles. The number of anilines is 1. The lowest BCUT2D eigenvalue weighted by molar-refractivity contribution is 0.0174. The Morgan fingerprint density at radius 1 is 1.14 bits per heavy atom. The number of nitrogens with one attached hydrogen (secondary N) is 1. The van der Waals surface area contributed by atoms with Crippen LogP contribution in [0.5, 0.6) is 0 Å². The van der Waals surface area contributed by atoms with E-state index in [0.29, 0.717) is 6.04 Å². The average molecular weight is 304 g/mol. The van der Waals surface area contributed by atoms with Gasteiger partial charge in [-0.1, -0.05) is 6.92 Å². The first-order valence-electron chi connectivity index (χ1n) is 8.44. The van der Waals surface area contributed by atoms with Gasteiger partial charge >= 0.3 is 0 Å². The van der Waals surface area contributed by atoms with Crippen molar-refractivity contribution in [1.82, 2.24) is 24.7 Å². The van der Waals surface area contributed by atoms with E-state index in [1.807, 2.05) is 12.4 Å². The summed E-state index contributed by atoms with van der Waals surface area (Å²) in [6.07, 6.45) is 5.01. The zero-order valence-corrected chi connectivity index (χ0v) is 13.8. The fourth-order valence-corrected chi connectivity index (χ4v) is 3.34. The van der Waals surface area contributed by atoms with Crippen molar-refractivity contribution >= 4 is 5.95 Å². The molecule has 1 unspecified atom stereocenters. The molecule has 0 amide bonds. The Kier molecular flexibility index (Phi) is 5.23. The quantitative estimate of drug-likeness (QED) is 0.865. The van der Waals surface area contributed by atoms with E-state index in [0.717, 1.165) is 38.5 Å². The van der Waals surface area contributed by atoms with Crippen LogP contribution in [-0.4, -0.2) is 83.6 Å². The Morgan fingerprint density at radius 3 is 2.68 bits per heavy atom. The SMILES string of the molecule is CCCNc1ncc(CN2CCN3CCN(C)CC3C2)cn1. The number of likely N-dealkylation sites (N-methyl/N-ethyl adjacent to an activating group) is 1. The predicted molar refractivity (Wildman–Crippen MR) is 88.9 cm³/mol. The smallest absolute Gasteiger partial charge is 0.222 e. The van der Waals surface area contributed by atoms with Gasteiger partial charge in [-0.2, -0.15) is 0 Å². The second-order valence-corrected chi connectivity index (χ2v) is 6.53. The van der Waals surface area contributed by atoms with Crippen molar-refractivity contribution < 1.29 is 0 Å². The van der Waals surface area contributed by atoms with E-state index in [1.165, 1.54) is 31.7 Å². The Bertz CT molecular complexity index is 462. The number of hydrogen-bond acceptors (Lipinski definition) is 6. The minimum Gasteiger partial charge on any atom is -0.354 e. The third kappa shape index (κ3) is 3.94. The van der Waals surface area contributed by atoms with E-state index < -0.39 is 0 Å². The van der Waals surface area contributed by atoms with Gasteiger partial charge in [0.2, 0.25) is 5.95 Å². The fourth-order valence-electron chi connectivity index (χ4n) is 3.34. The van der Waals surface area contributed by atoms with E-state index in [9.17, 15) is 0 Å². The molecule has 1 aromatic rings. The van der Waals surface area contributed by atoms with Crippen molar-refractivity contribution in [2.24, 2.45) is 0 Å². The number of aromatic nitrogens is 2. The van der Waals surface area contributed by atoms with Crippen molar-refractivity contribution in [2.45, 2.75) is 25.9 Å². The molecule has 122 valence electrons. The highest BCUT2D eigenvalue weighted by Gasteiger charge is 2.30. The number of fused-ring (bicyclic) bond motifs is 1. The normalized spacial score (nSPS) is 24.2. The van der Waals surface area contributed by atoms with E-state index in [1.54, 1.807) is 0 Å². The first-order valence-corrected chi connectivity index (χ1v) is 8.44. The molecule has 0 spiro atoms. The Hall–Kier alpha value is -1.24. The van der Waals surface area contributed by atoms with Gasteiger partial charge in [0.15, 0.2) is 0 Å². The highest BCUT2D eigenvalue weighted by molar-refractivity contribution is 5.24. The highest BCUT2D eigenvalue weighted by atomic mass is 15.3. The second kappa shape index (κ2) is 7.35. The molecule has 0 aliphatic carbocycles. The van der Waals surface area contributed by atoms with Gasteiger partial charge < -0.3 is 10.2 Å². The van der Waals surface area contributed by atoms with Crippen molar-refractivity contribution in [2.75, 3.05) is 58.2 Å². The van der Waals surface area contributed by atoms with Crippen LogP contribution in [0.25, 0.3) is 0 Å². The number of nitrogens with zero attached hydrogens (tertiary/aromatic N) is 5. The van der Waals surface area contributed by atoms with E-state index in [2.05, 4.69) is 44.0 Å². The van der Waals surface area contributed by atoms with Gasteiger partial charge in [-0.25, -0.2) is 9.97 Å². The summed E-state index contributed by atoms with van der Waals surface area (Å²) in [4.78, 5) is 16.4. The second-order valence-electron chi connectivity index (χ2n) is 6.53. The van der Waals surface area contributed by atoms with Gasteiger partial charge in [0.05, 0.1) is 0 Å². The molecule has 1 N–H and O–H groups in total. The van der Waals surface area contributed by atoms with Gasteiger partial charge in [-0.3, -0.25) is 9.80 Å². The van der Waals surface area contributed by atoms with Crippen LogP contribution in [0.1, 0.15) is 18.9 Å². The van der Waals surface area contributed by atoms with Crippen LogP contribution in [0.4, 0.5) is 5.95 Å². The molecule has 1 aromatic heterocycles. The van der Waals surface area contributed by atoms with Gasteiger partial charge in [-0.05, 0) is 13.5 Å². The zero-order chi connectivity index (χ0) is 15.4. The maximum absolute atomic E-state index is 4.41. The number of piperazine rings is 2. The number of rotatable bonds is 5. The van der Waals surface area contributed by atoms with Crippen molar-refractivity contribution in [3.63, 3.8) is 0 Å². The highest BCUT2D eigenvalue weighted by Crippen LogP contribution is 2.16. The molecule has 2 fully saturated rings. The van der Waals surface area contributed by atoms with Crippen LogP contribution in [0.3, 0.4) is 0 Å². The maximum Gasteiger partial charge on any atom is 0.222 e. The van der Waals surface area contributed by atoms with Crippen LogP contribution in [0, 0.1) is 0 Å². The molecule has 6 heteroatoms. The molecular weight excluding hydrogens is 276 g/mol. The molecule has 0 bridgehead atoms. The summed E-state index contributed by atoms with van der Waals surface area (Å²) in [5, 5.41) is 3.22. The van der Waals surface area contributed by atoms with Crippen molar-refractivity contribution in [1.29, 1.82) is 0 Å². The summed E-state index contributed by atoms with van der Waals surface area (Å²) < 4.78 is 0. The molecule has 2 aliphatic rings. The summed E-state index contributed by atoms with van der Waals surface area (Å²) in [5.41, 5.74) is 1.21. The molecule has 0 radical (unpaired) electrons. The molecule has 0 aromatic carbocycles. The van der Waals surface area contributed by atoms with Crippen molar-refractivity contribution in [3.05, 3.63) is 18.0 Å². The Labute approximate surface area is 133 Å². The topological polar surface area (TPSA) is 47.5 Å². The van der Waals surface area contributed by atoms with Crippen LogP contribution in [-0.2, 0) is 6.54 Å². The molecule has 0 saturated carbocycles. The lowest BCUT2D eigenvalue weighted by atomic mass is 10.1. The van der Waals surface area contributed by atoms with E-state index in [-0.39, 0.29) is 0 Å². The molecule has 6 nitrogen and oxygen atoms in total. The molecule has 3 rings (SSSR count). The number of hydrogen-bond donors (Lipinski definition) is 1. The monoisotopic (exact) mass is 304 g/mol. The summed E-state index contributed by atoms with van der Waals surface area (Å²) >= 11 is 0. The van der Waals surface area contributed by atoms with Gasteiger partial charge in [0, 0.05) is 76.4 Å². The first kappa shape index (κ1) is 15.6. The van der Waals surface area contributed by atoms with Crippen LogP contribution in [0.15, 0.2) is 12.4 Å². The van der Waals surface area contributed by atoms with E-state index in [4.69, 9.17) is 0 Å². The molecule has 3 heterocycles. The van der Waals surface area contributed by atoms with Gasteiger partial charge in [0.1, 0.15) is 0 Å². The summed E-state index contributed by atoms with van der Waals surface area (Å²) in [7, 11) is 2.23. The standard InChI is InChI=1S/C16H28N6/c1-3-4-17-16-18-9-14(10-19-16)11-21-6-8-22-7-5-20(2)12-15(22)13-21/h9-10,15H,3-8,11-13H2,1-2H3,(H,17,18,19). The van der Waals surface area contributed by atoms with Crippen LogP contribution in [0.2, 0.25) is 0 Å². The summed E-state index contributed by atoms with van der Waals surface area (Å²) in [5.74, 6) is 0.740. The third-order valence-electron chi connectivity index (χ3n) is 4.62. The Balaban J connectivity index is 1.52. The molecular formula is C16H28N6. The lowest BCUT2D eigenvalue weighted by Gasteiger charge is -2.46. The zero-order valence-electron chi connectivity index (χ0n) is 13.8. The van der Waals surface area contributed by atoms with Crippen molar-refractivity contribution in [3.8, 4) is 0 Å². The summed E-state index contributed by atoms with van der Waals surface area (Å²) in [6.45, 7) is 11.1. The third-order valence-corrected chi connectivity index (χ3v) is 4.62. The predicted octanol–water partition coefficient (Wildman–Crippen LogP) is 0.730. The molecule has 22 heavy (non-hydrogen) atoms. The lowest BCUT2D eigenvalue weighted by Crippen LogP contribution is -2.61. The minimum absolute atomic E-state index is 0.680. The fraction of sp³-hybridized carbons (Fsp3) is 0.750. The maximum atomic E-state index is 4.41. The van der Waals surface area contributed by atoms with Gasteiger partial charge in [0.25, 0.3) is 0 Å². The molecule has 1 atom stereocenters. The first-order chi connectivity index (χ1) is 10.7. The Morgan fingerprint density at radius 2 is 1.91 bits per heavy atom. The molecule has 2 saturated heterocycles. The largest absolute Gasteiger partial charge is 0.354 e. The minimum atomic E-state index is 0.680. The summed E-state index contributed by atoms with van der Waals surface area (Å²) in [6, 6.07) is 0.680. The van der Waals surface area contributed by atoms with Gasteiger partial charge in [-0.15, -0.1) is 0 Å². The van der Waals surface area contributed by atoms with E-state index >= 15 is 0 Å². The van der Waals surface area contributed by atoms with Crippen LogP contribution < -0.4 is 5.32 Å². The average Bonchev–Trinajstić information content (AvgIpc) is 2.54.